The van der Waals surface area contributed by atoms with Crippen LogP contribution in [-0.4, -0.2) is 129 Å². The summed E-state index contributed by atoms with van der Waals surface area (Å²) in [6.45, 7) is 13.2. The molecule has 290 valence electrons. The number of methoxy groups -OCH3 is 2. The van der Waals surface area contributed by atoms with Crippen LogP contribution >= 0.6 is 11.8 Å². The van der Waals surface area contributed by atoms with Crippen molar-refractivity contribution in [3.8, 4) is 5.75 Å². The molecule has 0 spiro atoms. The van der Waals surface area contributed by atoms with Crippen LogP contribution in [0, 0.1) is 17.8 Å². The number of ether oxygens (including phenoxy) is 2. The summed E-state index contributed by atoms with van der Waals surface area (Å²) in [6, 6.07) is 6.28. The summed E-state index contributed by atoms with van der Waals surface area (Å²) in [5.74, 6) is 0.324. The van der Waals surface area contributed by atoms with E-state index in [-0.39, 0.29) is 65.1 Å². The number of hydrogen-bond donors (Lipinski definition) is 2. The highest BCUT2D eigenvalue weighted by atomic mass is 32.2. The molecular formula is C39H67N5O6S. The van der Waals surface area contributed by atoms with E-state index in [0.717, 1.165) is 37.0 Å². The molecule has 4 amide bonds. The van der Waals surface area contributed by atoms with Crippen LogP contribution < -0.4 is 15.4 Å². The Balaban J connectivity index is 2.15. The standard InChI is InChI=1S/C39H67N5O6S/c1-13-27(6)37(43(9)39(48)35(25(2)3)41-38(47)36(26(4)5)42(7)8)31(50-11)23-34(46)44-22-14-15-30(44)32(51-12)24-33(45)40-21-20-28-16-18-29(49-10)19-17-28/h16-19,25-27,30-32,35-37H,13-15,20-24H2,1-12H3,(H,40,45)(H,41,47). The van der Waals surface area contributed by atoms with Crippen LogP contribution in [-0.2, 0) is 30.3 Å². The third-order valence-electron chi connectivity index (χ3n) is 10.4. The molecule has 1 aliphatic rings. The number of likely N-dealkylation sites (tertiary alicyclic amines) is 1. The van der Waals surface area contributed by atoms with Gasteiger partial charge in [-0.05, 0) is 75.1 Å². The van der Waals surface area contributed by atoms with Gasteiger partial charge in [0, 0.05) is 45.0 Å². The molecule has 11 nitrogen and oxygen atoms in total. The first-order valence-corrected chi connectivity index (χ1v) is 19.9. The van der Waals surface area contributed by atoms with Gasteiger partial charge in [-0.1, -0.05) is 60.1 Å². The third kappa shape index (κ3) is 12.7. The molecule has 2 rings (SSSR count). The van der Waals surface area contributed by atoms with Crippen molar-refractivity contribution in [2.75, 3.05) is 54.7 Å². The molecule has 2 N–H and O–H groups in total. The normalized spacial score (nSPS) is 18.3. The summed E-state index contributed by atoms with van der Waals surface area (Å²) in [5, 5.41) is 6.07. The van der Waals surface area contributed by atoms with E-state index in [0.29, 0.717) is 19.5 Å². The maximum absolute atomic E-state index is 14.2. The van der Waals surface area contributed by atoms with Gasteiger partial charge in [-0.15, -0.1) is 0 Å². The molecule has 7 atom stereocenters. The highest BCUT2D eigenvalue weighted by molar-refractivity contribution is 7.99. The SMILES string of the molecule is CCC(C)C(C(CC(=O)N1CCCC1C(CC(=O)NCCc1ccc(OC)cc1)SC)OC)N(C)C(=O)C(NC(=O)C(C(C)C)N(C)C)C(C)C. The van der Waals surface area contributed by atoms with Gasteiger partial charge in [-0.2, -0.15) is 11.8 Å². The molecule has 1 aliphatic heterocycles. The number of nitrogens with one attached hydrogen (secondary N) is 2. The number of carbonyl (C=O) groups excluding carboxylic acids is 4. The molecule has 0 aromatic heterocycles. The summed E-state index contributed by atoms with van der Waals surface area (Å²) in [6.07, 6.45) is 5.10. The number of benzene rings is 1. The molecule has 12 heteroatoms. The minimum Gasteiger partial charge on any atom is -0.497 e. The van der Waals surface area contributed by atoms with Crippen LogP contribution in [0.3, 0.4) is 0 Å². The van der Waals surface area contributed by atoms with Crippen molar-refractivity contribution in [3.05, 3.63) is 29.8 Å². The second-order valence-electron chi connectivity index (χ2n) is 14.9. The summed E-state index contributed by atoms with van der Waals surface area (Å²) in [7, 11) is 8.74. The predicted molar refractivity (Wildman–Crippen MR) is 207 cm³/mol. The van der Waals surface area contributed by atoms with E-state index >= 15 is 0 Å². The Morgan fingerprint density at radius 1 is 0.980 bits per heavy atom. The second kappa shape index (κ2) is 21.6. The van der Waals surface area contributed by atoms with Crippen LogP contribution in [0.2, 0.25) is 0 Å². The first-order chi connectivity index (χ1) is 24.1. The average Bonchev–Trinajstić information content (AvgIpc) is 3.58. The van der Waals surface area contributed by atoms with Crippen LogP contribution in [0.15, 0.2) is 24.3 Å². The van der Waals surface area contributed by atoms with Crippen LogP contribution in [0.5, 0.6) is 5.75 Å². The fourth-order valence-electron chi connectivity index (χ4n) is 7.38. The van der Waals surface area contributed by atoms with Gasteiger partial charge in [0.1, 0.15) is 11.8 Å². The van der Waals surface area contributed by atoms with Crippen molar-refractivity contribution in [2.24, 2.45) is 17.8 Å². The Morgan fingerprint density at radius 3 is 2.14 bits per heavy atom. The maximum Gasteiger partial charge on any atom is 0.245 e. The summed E-state index contributed by atoms with van der Waals surface area (Å²) in [4.78, 5) is 60.2. The highest BCUT2D eigenvalue weighted by Gasteiger charge is 2.41. The molecule has 7 unspecified atom stereocenters. The van der Waals surface area contributed by atoms with Crippen molar-refractivity contribution in [1.29, 1.82) is 0 Å². The van der Waals surface area contributed by atoms with E-state index in [1.807, 2.05) is 82.1 Å². The number of carbonyl (C=O) groups is 4. The van der Waals surface area contributed by atoms with E-state index in [2.05, 4.69) is 24.5 Å². The average molecular weight is 734 g/mol. The zero-order valence-corrected chi connectivity index (χ0v) is 34.2. The van der Waals surface area contributed by atoms with Gasteiger partial charge in [0.25, 0.3) is 0 Å². The molecule has 1 fully saturated rings. The minimum atomic E-state index is -0.726. The smallest absolute Gasteiger partial charge is 0.245 e. The van der Waals surface area contributed by atoms with Crippen LogP contribution in [0.25, 0.3) is 0 Å². The Morgan fingerprint density at radius 2 is 1.63 bits per heavy atom. The lowest BCUT2D eigenvalue weighted by Crippen LogP contribution is -2.59. The minimum absolute atomic E-state index is 0.0222. The quantitative estimate of drug-likeness (QED) is 0.190. The molecule has 1 saturated heterocycles. The topological polar surface area (TPSA) is 121 Å². The van der Waals surface area contributed by atoms with Crippen molar-refractivity contribution in [2.45, 2.75) is 116 Å². The van der Waals surface area contributed by atoms with E-state index in [1.54, 1.807) is 37.9 Å². The molecular weight excluding hydrogens is 667 g/mol. The van der Waals surface area contributed by atoms with Gasteiger partial charge < -0.3 is 29.9 Å². The van der Waals surface area contributed by atoms with Crippen LogP contribution in [0.1, 0.15) is 79.2 Å². The van der Waals surface area contributed by atoms with E-state index in [9.17, 15) is 19.2 Å². The number of amides is 4. The van der Waals surface area contributed by atoms with Crippen LogP contribution in [0.4, 0.5) is 0 Å². The number of likely N-dealkylation sites (N-methyl/N-ethyl adjacent to an activating group) is 2. The Bertz CT molecular complexity index is 1240. The Labute approximate surface area is 312 Å². The van der Waals surface area contributed by atoms with Crippen molar-refractivity contribution in [3.63, 3.8) is 0 Å². The number of thioether (sulfide) groups is 1. The van der Waals surface area contributed by atoms with E-state index in [1.165, 1.54) is 0 Å². The lowest BCUT2D eigenvalue weighted by molar-refractivity contribution is -0.146. The molecule has 0 radical (unpaired) electrons. The van der Waals surface area contributed by atoms with Crippen molar-refractivity contribution >= 4 is 35.4 Å². The predicted octanol–water partition coefficient (Wildman–Crippen LogP) is 4.47. The second-order valence-corrected chi connectivity index (χ2v) is 16.0. The molecule has 0 saturated carbocycles. The number of nitrogens with zero attached hydrogens (tertiary/aromatic N) is 3. The van der Waals surface area contributed by atoms with Gasteiger partial charge in [0.15, 0.2) is 0 Å². The summed E-state index contributed by atoms with van der Waals surface area (Å²) in [5.41, 5.74) is 1.12. The molecule has 1 heterocycles. The maximum atomic E-state index is 14.2. The van der Waals surface area contributed by atoms with Gasteiger partial charge >= 0.3 is 0 Å². The molecule has 1 aromatic carbocycles. The van der Waals surface area contributed by atoms with Gasteiger partial charge in [0.2, 0.25) is 23.6 Å². The summed E-state index contributed by atoms with van der Waals surface area (Å²) < 4.78 is 11.3. The first kappa shape index (κ1) is 44.3. The first-order valence-electron chi connectivity index (χ1n) is 18.6. The fraction of sp³-hybridized carbons (Fsp3) is 0.744. The van der Waals surface area contributed by atoms with Crippen molar-refractivity contribution in [1.82, 2.24) is 25.3 Å². The Hall–Kier alpha value is -2.83. The van der Waals surface area contributed by atoms with Gasteiger partial charge in [-0.25, -0.2) is 0 Å². The largest absolute Gasteiger partial charge is 0.497 e. The fourth-order valence-corrected chi connectivity index (χ4v) is 8.30. The molecule has 51 heavy (non-hydrogen) atoms. The third-order valence-corrected chi connectivity index (χ3v) is 11.5. The molecule has 0 aliphatic carbocycles. The zero-order valence-electron chi connectivity index (χ0n) is 33.4. The van der Waals surface area contributed by atoms with E-state index in [4.69, 9.17) is 9.47 Å². The zero-order chi connectivity index (χ0) is 38.4. The number of rotatable bonds is 21. The summed E-state index contributed by atoms with van der Waals surface area (Å²) >= 11 is 1.62. The number of hydrogen-bond acceptors (Lipinski definition) is 8. The van der Waals surface area contributed by atoms with Crippen molar-refractivity contribution < 1.29 is 28.7 Å². The van der Waals surface area contributed by atoms with E-state index < -0.39 is 18.2 Å². The molecule has 1 aromatic rings. The Kier molecular flexibility index (Phi) is 18.8. The molecule has 0 bridgehead atoms. The highest BCUT2D eigenvalue weighted by Crippen LogP contribution is 2.31. The lowest BCUT2D eigenvalue weighted by atomic mass is 9.89. The van der Waals surface area contributed by atoms with Gasteiger partial charge in [-0.3, -0.25) is 24.1 Å². The monoisotopic (exact) mass is 733 g/mol. The van der Waals surface area contributed by atoms with Gasteiger partial charge in [0.05, 0.1) is 31.7 Å². The lowest BCUT2D eigenvalue weighted by Gasteiger charge is -2.41.